The quantitative estimate of drug-likeness (QED) is 0.710. The van der Waals surface area contributed by atoms with Gasteiger partial charge in [0.1, 0.15) is 0 Å². The van der Waals surface area contributed by atoms with Gasteiger partial charge >= 0.3 is 0 Å². The van der Waals surface area contributed by atoms with Crippen LogP contribution >= 0.6 is 0 Å². The smallest absolute Gasteiger partial charge is 0.0900 e. The van der Waals surface area contributed by atoms with Crippen LogP contribution < -0.4 is 0 Å². The molecule has 8 bridgehead atoms. The molecule has 0 radical (unpaired) electrons. The van der Waals surface area contributed by atoms with Crippen molar-refractivity contribution in [3.8, 4) is 0 Å². The topological polar surface area (TPSA) is 13.0 Å². The van der Waals surface area contributed by atoms with Crippen LogP contribution in [0.1, 0.15) is 27.8 Å². The first-order chi connectivity index (χ1) is 13.2. The molecule has 0 aliphatic carbocycles. The fourth-order valence-electron chi connectivity index (χ4n) is 4.26. The van der Waals surface area contributed by atoms with Crippen LogP contribution in [0.3, 0.4) is 0 Å². The Morgan fingerprint density at radius 1 is 0.593 bits per heavy atom. The van der Waals surface area contributed by atoms with Gasteiger partial charge in [-0.25, -0.2) is 0 Å². The van der Waals surface area contributed by atoms with Gasteiger partial charge in [0.2, 0.25) is 0 Å². The summed E-state index contributed by atoms with van der Waals surface area (Å²) in [5.74, 6) is 0. The number of hydrogen-bond acceptors (Lipinski definition) is 4. The van der Waals surface area contributed by atoms with E-state index in [1.807, 2.05) is 0 Å². The molecule has 0 saturated carbocycles. The molecule has 4 nitrogen and oxygen atoms in total. The van der Waals surface area contributed by atoms with Crippen molar-refractivity contribution < 1.29 is 0 Å². The Kier molecular flexibility index (Phi) is 4.04. The third-order valence-corrected chi connectivity index (χ3v) is 5.77. The van der Waals surface area contributed by atoms with Gasteiger partial charge in [-0.2, -0.15) is 0 Å². The maximum Gasteiger partial charge on any atom is 0.0900 e. The molecule has 0 fully saturated rings. The van der Waals surface area contributed by atoms with E-state index in [0.717, 1.165) is 39.5 Å². The van der Waals surface area contributed by atoms with Gasteiger partial charge in [0.05, 0.1) is 13.3 Å². The molecule has 0 amide bonds. The van der Waals surface area contributed by atoms with E-state index < -0.39 is 0 Å². The summed E-state index contributed by atoms with van der Waals surface area (Å²) in [6, 6.07) is 15.8. The van der Waals surface area contributed by atoms with Gasteiger partial charge in [0.25, 0.3) is 0 Å². The third kappa shape index (κ3) is 3.39. The van der Waals surface area contributed by atoms with Crippen LogP contribution in [0.15, 0.2) is 67.3 Å². The average Bonchev–Trinajstić information content (AvgIpc) is 3.28. The predicted molar refractivity (Wildman–Crippen MR) is 108 cm³/mol. The van der Waals surface area contributed by atoms with Crippen LogP contribution in [-0.2, 0) is 26.2 Å². The molecule has 3 aliphatic rings. The molecule has 0 saturated heterocycles. The highest BCUT2D eigenvalue weighted by Gasteiger charge is 2.18. The van der Waals surface area contributed by atoms with Crippen molar-refractivity contribution in [2.24, 2.45) is 0 Å². The van der Waals surface area contributed by atoms with E-state index in [-0.39, 0.29) is 0 Å². The van der Waals surface area contributed by atoms with E-state index in [9.17, 15) is 0 Å². The number of rotatable bonds is 0. The molecule has 0 spiro atoms. The van der Waals surface area contributed by atoms with Crippen molar-refractivity contribution in [2.45, 2.75) is 33.1 Å². The Hall–Kier alpha value is -2.88. The fraction of sp³-hybridized carbons (Fsp3) is 0.304. The Morgan fingerprint density at radius 2 is 1.04 bits per heavy atom. The van der Waals surface area contributed by atoms with E-state index >= 15 is 0 Å². The van der Waals surface area contributed by atoms with Crippen molar-refractivity contribution in [2.75, 3.05) is 13.3 Å². The summed E-state index contributed by atoms with van der Waals surface area (Å²) in [6.07, 6.45) is 8.91. The van der Waals surface area contributed by atoms with Crippen molar-refractivity contribution in [1.82, 2.24) is 19.6 Å². The van der Waals surface area contributed by atoms with Crippen molar-refractivity contribution in [3.63, 3.8) is 0 Å². The molecule has 2 aromatic carbocycles. The van der Waals surface area contributed by atoms with Gasteiger partial charge in [-0.15, -0.1) is 0 Å². The summed E-state index contributed by atoms with van der Waals surface area (Å²) in [7, 11) is 0. The molecular weight excluding hydrogens is 332 g/mol. The molecule has 5 rings (SSSR count). The average molecular weight is 358 g/mol. The Morgan fingerprint density at radius 3 is 1.56 bits per heavy atom. The third-order valence-electron chi connectivity index (χ3n) is 5.77. The second kappa shape index (κ2) is 6.69. The van der Waals surface area contributed by atoms with Crippen molar-refractivity contribution in [3.05, 3.63) is 95.1 Å². The Labute approximate surface area is 161 Å². The number of nitrogens with zero attached hydrogens (tertiary/aromatic N) is 4. The normalized spacial score (nSPS) is 18.6. The van der Waals surface area contributed by atoms with E-state index in [0.29, 0.717) is 0 Å². The summed E-state index contributed by atoms with van der Waals surface area (Å²) in [5, 5.41) is 0. The SMILES string of the molecule is Cc1c2cccc1CN1C=CN(Cc3cccc(c3)CN3C=CN(C2)C3)C1. The van der Waals surface area contributed by atoms with Crippen LogP contribution in [0, 0.1) is 6.92 Å². The van der Waals surface area contributed by atoms with Crippen LogP contribution in [0.5, 0.6) is 0 Å². The van der Waals surface area contributed by atoms with Crippen molar-refractivity contribution >= 4 is 0 Å². The maximum atomic E-state index is 2.40. The van der Waals surface area contributed by atoms with Crippen LogP contribution in [0.25, 0.3) is 0 Å². The van der Waals surface area contributed by atoms with Gasteiger partial charge in [0.15, 0.2) is 0 Å². The molecule has 0 atom stereocenters. The maximum absolute atomic E-state index is 2.40. The first-order valence-corrected chi connectivity index (χ1v) is 9.71. The Bertz CT molecular complexity index is 836. The van der Waals surface area contributed by atoms with Gasteiger partial charge in [0, 0.05) is 51.0 Å². The molecule has 3 heterocycles. The molecule has 0 N–H and O–H groups in total. The predicted octanol–water partition coefficient (Wildman–Crippen LogP) is 3.80. The molecule has 27 heavy (non-hydrogen) atoms. The highest BCUT2D eigenvalue weighted by molar-refractivity contribution is 5.35. The van der Waals surface area contributed by atoms with Crippen LogP contribution in [0.4, 0.5) is 0 Å². The molecule has 0 unspecified atom stereocenters. The summed E-state index contributed by atoms with van der Waals surface area (Å²) in [5.41, 5.74) is 7.03. The second-order valence-corrected chi connectivity index (χ2v) is 7.89. The number of hydrogen-bond donors (Lipinski definition) is 0. The summed E-state index contributed by atoms with van der Waals surface area (Å²) in [4.78, 5) is 9.59. The number of fused-ring (bicyclic) bond motifs is 8. The zero-order valence-corrected chi connectivity index (χ0v) is 15.9. The van der Waals surface area contributed by atoms with Gasteiger partial charge in [-0.05, 0) is 34.7 Å². The molecule has 4 heteroatoms. The van der Waals surface area contributed by atoms with Gasteiger partial charge < -0.3 is 19.6 Å². The largest absolute Gasteiger partial charge is 0.354 e. The first-order valence-electron chi connectivity index (χ1n) is 9.71. The Balaban J connectivity index is 1.47. The fourth-order valence-corrected chi connectivity index (χ4v) is 4.26. The van der Waals surface area contributed by atoms with E-state index in [1.54, 1.807) is 0 Å². The van der Waals surface area contributed by atoms with E-state index in [2.05, 4.69) is 93.8 Å². The molecule has 138 valence electrons. The standard InChI is InChI=1S/C23H26N4/c1-19-22-6-3-7-23(19)16-27-11-9-25(18-27)14-21-5-2-4-20(12-21)13-24-8-10-26(15-22)17-24/h2-12H,13-18H2,1H3. The second-order valence-electron chi connectivity index (χ2n) is 7.89. The lowest BCUT2D eigenvalue weighted by Gasteiger charge is -2.25. The summed E-state index contributed by atoms with van der Waals surface area (Å²) >= 11 is 0. The summed E-state index contributed by atoms with van der Waals surface area (Å²) < 4.78 is 0. The van der Waals surface area contributed by atoms with Crippen molar-refractivity contribution in [1.29, 1.82) is 0 Å². The monoisotopic (exact) mass is 358 g/mol. The molecule has 2 aromatic rings. The molecule has 0 aromatic heterocycles. The zero-order valence-electron chi connectivity index (χ0n) is 15.9. The minimum absolute atomic E-state index is 0.952. The molecule has 3 aliphatic heterocycles. The molecular formula is C23H26N4. The van der Waals surface area contributed by atoms with Crippen LogP contribution in [-0.4, -0.2) is 32.9 Å². The number of benzene rings is 2. The lowest BCUT2D eigenvalue weighted by molar-refractivity contribution is 0.249. The minimum Gasteiger partial charge on any atom is -0.354 e. The van der Waals surface area contributed by atoms with Gasteiger partial charge in [-0.3, -0.25) is 0 Å². The van der Waals surface area contributed by atoms with Gasteiger partial charge in [-0.1, -0.05) is 42.5 Å². The van der Waals surface area contributed by atoms with E-state index in [1.165, 1.54) is 27.8 Å². The summed E-state index contributed by atoms with van der Waals surface area (Å²) in [6.45, 7) is 8.03. The van der Waals surface area contributed by atoms with Crippen LogP contribution in [0.2, 0.25) is 0 Å². The van der Waals surface area contributed by atoms with E-state index in [4.69, 9.17) is 0 Å². The first kappa shape index (κ1) is 16.3. The highest BCUT2D eigenvalue weighted by atomic mass is 15.3. The highest BCUT2D eigenvalue weighted by Crippen LogP contribution is 2.23. The lowest BCUT2D eigenvalue weighted by Crippen LogP contribution is -2.27. The zero-order chi connectivity index (χ0) is 18.2. The lowest BCUT2D eigenvalue weighted by atomic mass is 10.0. The minimum atomic E-state index is 0.952.